The Hall–Kier alpha value is -0.220. The van der Waals surface area contributed by atoms with Crippen LogP contribution in [0.25, 0.3) is 0 Å². The molecule has 3 nitrogen and oxygen atoms in total. The van der Waals surface area contributed by atoms with Crippen molar-refractivity contribution in [1.29, 1.82) is 0 Å². The van der Waals surface area contributed by atoms with Crippen LogP contribution in [0.15, 0.2) is 0 Å². The second-order valence-electron chi connectivity index (χ2n) is 5.07. The lowest BCUT2D eigenvalue weighted by Crippen LogP contribution is -2.47. The van der Waals surface area contributed by atoms with Gasteiger partial charge in [-0.15, -0.1) is 0 Å². The zero-order valence-electron chi connectivity index (χ0n) is 9.93. The van der Waals surface area contributed by atoms with Gasteiger partial charge in [-0.05, 0) is 45.1 Å². The monoisotopic (exact) mass is 230 g/mol. The van der Waals surface area contributed by atoms with Crippen LogP contribution in [0.3, 0.4) is 0 Å². The number of hydrogen-bond donors (Lipinski definition) is 2. The maximum absolute atomic E-state index is 11.5. The molecule has 1 saturated heterocycles. The molecule has 88 valence electrons. The molecule has 0 aromatic heterocycles. The Kier molecular flexibility index (Phi) is 4.93. The van der Waals surface area contributed by atoms with Crippen molar-refractivity contribution in [3.63, 3.8) is 0 Å². The summed E-state index contributed by atoms with van der Waals surface area (Å²) in [4.78, 5) is 11.5. The number of carbonyl (C=O) groups excluding carboxylic acids is 1. The van der Waals surface area contributed by atoms with Crippen molar-refractivity contribution in [2.45, 2.75) is 45.2 Å². The van der Waals surface area contributed by atoms with Crippen molar-refractivity contribution in [2.75, 3.05) is 18.1 Å². The van der Waals surface area contributed by atoms with Crippen molar-refractivity contribution in [3.8, 4) is 0 Å². The Bertz CT molecular complexity index is 207. The number of hydrogen-bond acceptors (Lipinski definition) is 3. The lowest BCUT2D eigenvalue weighted by molar-refractivity contribution is -0.121. The molecule has 4 heteroatoms. The third-order valence-corrected chi connectivity index (χ3v) is 3.34. The highest BCUT2D eigenvalue weighted by atomic mass is 32.2. The van der Waals surface area contributed by atoms with Crippen LogP contribution in [-0.4, -0.2) is 35.5 Å². The minimum Gasteiger partial charge on any atom is -0.350 e. The smallest absolute Gasteiger partial charge is 0.234 e. The summed E-state index contributed by atoms with van der Waals surface area (Å²) < 4.78 is 0. The molecule has 0 saturated carbocycles. The van der Waals surface area contributed by atoms with Crippen LogP contribution in [-0.2, 0) is 4.79 Å². The van der Waals surface area contributed by atoms with E-state index in [-0.39, 0.29) is 11.4 Å². The Morgan fingerprint density at radius 1 is 1.33 bits per heavy atom. The van der Waals surface area contributed by atoms with Crippen molar-refractivity contribution >= 4 is 17.7 Å². The molecule has 0 aromatic carbocycles. The molecular formula is C11H22N2OS. The first-order valence-electron chi connectivity index (χ1n) is 5.59. The van der Waals surface area contributed by atoms with Gasteiger partial charge in [0.05, 0.1) is 6.54 Å². The van der Waals surface area contributed by atoms with Crippen LogP contribution in [0.4, 0.5) is 0 Å². The molecule has 0 aliphatic carbocycles. The third kappa shape index (κ3) is 6.05. The van der Waals surface area contributed by atoms with E-state index in [1.165, 1.54) is 24.3 Å². The molecule has 1 amide bonds. The predicted octanol–water partition coefficient (Wildman–Crippen LogP) is 1.39. The third-order valence-electron chi connectivity index (χ3n) is 2.29. The first-order valence-corrected chi connectivity index (χ1v) is 6.75. The van der Waals surface area contributed by atoms with Crippen molar-refractivity contribution in [2.24, 2.45) is 0 Å². The highest BCUT2D eigenvalue weighted by molar-refractivity contribution is 7.99. The average Bonchev–Trinajstić information content (AvgIpc) is 2.14. The van der Waals surface area contributed by atoms with E-state index in [0.29, 0.717) is 12.6 Å². The molecule has 0 bridgehead atoms. The Morgan fingerprint density at radius 2 is 1.93 bits per heavy atom. The maximum atomic E-state index is 11.5. The van der Waals surface area contributed by atoms with Crippen LogP contribution >= 0.6 is 11.8 Å². The second kappa shape index (κ2) is 5.75. The van der Waals surface area contributed by atoms with Gasteiger partial charge in [-0.1, -0.05) is 0 Å². The molecule has 0 spiro atoms. The first kappa shape index (κ1) is 12.8. The van der Waals surface area contributed by atoms with Crippen LogP contribution in [0.5, 0.6) is 0 Å². The maximum Gasteiger partial charge on any atom is 0.234 e. The minimum atomic E-state index is -0.124. The molecule has 0 unspecified atom stereocenters. The second-order valence-corrected chi connectivity index (χ2v) is 6.29. The largest absolute Gasteiger partial charge is 0.350 e. The summed E-state index contributed by atoms with van der Waals surface area (Å²) in [7, 11) is 0. The van der Waals surface area contributed by atoms with Gasteiger partial charge in [0.2, 0.25) is 5.91 Å². The summed E-state index contributed by atoms with van der Waals surface area (Å²) in [5.74, 6) is 2.54. The van der Waals surface area contributed by atoms with E-state index in [2.05, 4.69) is 10.6 Å². The molecule has 0 radical (unpaired) electrons. The molecule has 1 rings (SSSR count). The van der Waals surface area contributed by atoms with Crippen molar-refractivity contribution in [1.82, 2.24) is 10.6 Å². The molecule has 1 fully saturated rings. The van der Waals surface area contributed by atoms with Gasteiger partial charge >= 0.3 is 0 Å². The Labute approximate surface area is 96.8 Å². The van der Waals surface area contributed by atoms with E-state index < -0.39 is 0 Å². The standard InChI is InChI=1S/C11H22N2OS/c1-11(2,3)13-10(14)8-12-9-4-6-15-7-5-9/h9,12H,4-8H2,1-3H3,(H,13,14). The van der Waals surface area contributed by atoms with E-state index in [0.717, 1.165) is 0 Å². The van der Waals surface area contributed by atoms with E-state index in [9.17, 15) is 4.79 Å². The van der Waals surface area contributed by atoms with Crippen molar-refractivity contribution < 1.29 is 4.79 Å². The van der Waals surface area contributed by atoms with Crippen molar-refractivity contribution in [3.05, 3.63) is 0 Å². The highest BCUT2D eigenvalue weighted by Gasteiger charge is 2.16. The molecule has 0 atom stereocenters. The Balaban J connectivity index is 2.15. The predicted molar refractivity (Wildman–Crippen MR) is 66.2 cm³/mol. The fraction of sp³-hybridized carbons (Fsp3) is 0.909. The topological polar surface area (TPSA) is 41.1 Å². The molecule has 1 aliphatic rings. The van der Waals surface area contributed by atoms with Gasteiger partial charge in [0.15, 0.2) is 0 Å². The number of nitrogens with one attached hydrogen (secondary N) is 2. The number of amides is 1. The zero-order valence-corrected chi connectivity index (χ0v) is 10.7. The quantitative estimate of drug-likeness (QED) is 0.770. The van der Waals surface area contributed by atoms with Gasteiger partial charge in [-0.25, -0.2) is 0 Å². The van der Waals surface area contributed by atoms with E-state index in [1.807, 2.05) is 32.5 Å². The minimum absolute atomic E-state index is 0.0979. The molecule has 1 heterocycles. The van der Waals surface area contributed by atoms with E-state index in [4.69, 9.17) is 0 Å². The molecule has 1 aliphatic heterocycles. The normalized spacial score (nSPS) is 18.9. The average molecular weight is 230 g/mol. The zero-order chi connectivity index (χ0) is 11.3. The number of thioether (sulfide) groups is 1. The number of rotatable bonds is 3. The van der Waals surface area contributed by atoms with Gasteiger partial charge in [-0.2, -0.15) is 11.8 Å². The summed E-state index contributed by atoms with van der Waals surface area (Å²) in [6.07, 6.45) is 2.38. The molecule has 0 aromatic rings. The van der Waals surface area contributed by atoms with Crippen LogP contribution < -0.4 is 10.6 Å². The van der Waals surface area contributed by atoms with Crippen LogP contribution in [0.1, 0.15) is 33.6 Å². The fourth-order valence-electron chi connectivity index (χ4n) is 1.60. The summed E-state index contributed by atoms with van der Waals surface area (Å²) in [6.45, 7) is 6.46. The SMILES string of the molecule is CC(C)(C)NC(=O)CNC1CCSCC1. The summed E-state index contributed by atoms with van der Waals surface area (Å²) in [5, 5.41) is 6.27. The lowest BCUT2D eigenvalue weighted by atomic mass is 10.1. The van der Waals surface area contributed by atoms with Gasteiger partial charge < -0.3 is 10.6 Å². The fourth-order valence-corrected chi connectivity index (χ4v) is 2.71. The Morgan fingerprint density at radius 3 is 2.47 bits per heavy atom. The summed E-state index contributed by atoms with van der Waals surface area (Å²) in [6, 6.07) is 0.539. The highest BCUT2D eigenvalue weighted by Crippen LogP contribution is 2.16. The molecule has 2 N–H and O–H groups in total. The van der Waals surface area contributed by atoms with E-state index in [1.54, 1.807) is 0 Å². The lowest BCUT2D eigenvalue weighted by Gasteiger charge is -2.24. The van der Waals surface area contributed by atoms with Gasteiger partial charge in [0.1, 0.15) is 0 Å². The van der Waals surface area contributed by atoms with Gasteiger partial charge in [0.25, 0.3) is 0 Å². The summed E-state index contributed by atoms with van der Waals surface area (Å²) in [5.41, 5.74) is -0.124. The molecular weight excluding hydrogens is 208 g/mol. The van der Waals surface area contributed by atoms with Crippen LogP contribution in [0, 0.1) is 0 Å². The summed E-state index contributed by atoms with van der Waals surface area (Å²) >= 11 is 2.00. The first-order chi connectivity index (χ1) is 6.97. The van der Waals surface area contributed by atoms with Gasteiger partial charge in [-0.3, -0.25) is 4.79 Å². The van der Waals surface area contributed by atoms with Gasteiger partial charge in [0, 0.05) is 11.6 Å². The van der Waals surface area contributed by atoms with Crippen LogP contribution in [0.2, 0.25) is 0 Å². The number of carbonyl (C=O) groups is 1. The molecule has 15 heavy (non-hydrogen) atoms. The van der Waals surface area contributed by atoms with E-state index >= 15 is 0 Å².